The topological polar surface area (TPSA) is 180 Å². The monoisotopic (exact) mass is 616 g/mol. The number of methoxy groups -OCH3 is 4. The van der Waals surface area contributed by atoms with E-state index in [4.69, 9.17) is 24.7 Å². The molecule has 3 heterocycles. The molecule has 2 aliphatic heterocycles. The van der Waals surface area contributed by atoms with Crippen molar-refractivity contribution in [3.63, 3.8) is 0 Å². The van der Waals surface area contributed by atoms with Gasteiger partial charge in [-0.1, -0.05) is 6.07 Å². The molecule has 5 rings (SSSR count). The number of nitrogens with zero attached hydrogens (tertiary/aromatic N) is 4. The van der Waals surface area contributed by atoms with Crippen molar-refractivity contribution < 1.29 is 46.0 Å². The number of carbonyl (C=O) groups excluding carboxylic acids is 2. The molecule has 2 saturated heterocycles. The van der Waals surface area contributed by atoms with Gasteiger partial charge in [0.1, 0.15) is 17.8 Å². The maximum absolute atomic E-state index is 14.1. The van der Waals surface area contributed by atoms with Crippen molar-refractivity contribution in [2.24, 2.45) is 0 Å². The van der Waals surface area contributed by atoms with Crippen LogP contribution in [0.25, 0.3) is 10.9 Å². The summed E-state index contributed by atoms with van der Waals surface area (Å²) in [6, 6.07) is 7.59. The third-order valence-electron chi connectivity index (χ3n) is 8.28. The normalized spacial score (nSPS) is 21.3. The lowest BCUT2D eigenvalue weighted by atomic mass is 9.96. The van der Waals surface area contributed by atoms with E-state index in [9.17, 15) is 22.6 Å². The highest BCUT2D eigenvalue weighted by atomic mass is 32.2. The SMILES string of the molecule is COc1ccc(C2CC(=O)[N+](CS(=O)(=O)O)(C3CCN(c4nc(N)c5cc(OC)c(OC)cc5n4)CC3)C2=O)cc1OC. The minimum atomic E-state index is -4.71. The van der Waals surface area contributed by atoms with E-state index in [1.807, 2.05) is 4.90 Å². The van der Waals surface area contributed by atoms with Crippen LogP contribution in [-0.4, -0.2) is 92.7 Å². The summed E-state index contributed by atoms with van der Waals surface area (Å²) in [7, 11) is 1.26. The Morgan fingerprint density at radius 2 is 1.53 bits per heavy atom. The highest BCUT2D eigenvalue weighted by Crippen LogP contribution is 2.43. The number of fused-ring (bicyclic) bond motifs is 1. The Balaban J connectivity index is 1.44. The molecule has 3 N–H and O–H groups in total. The summed E-state index contributed by atoms with van der Waals surface area (Å²) in [6.45, 7) is 0.631. The largest absolute Gasteiger partial charge is 0.493 e. The van der Waals surface area contributed by atoms with Crippen molar-refractivity contribution in [3.8, 4) is 23.0 Å². The number of hydrogen-bond donors (Lipinski definition) is 2. The summed E-state index contributed by atoms with van der Waals surface area (Å²) >= 11 is 0. The average Bonchev–Trinajstić information content (AvgIpc) is 3.24. The summed E-state index contributed by atoms with van der Waals surface area (Å²) in [5, 5.41) is 0.586. The van der Waals surface area contributed by atoms with E-state index in [1.54, 1.807) is 30.3 Å². The minimum absolute atomic E-state index is 0.209. The molecule has 0 radical (unpaired) electrons. The summed E-state index contributed by atoms with van der Waals surface area (Å²) in [4.78, 5) is 38.7. The zero-order valence-corrected chi connectivity index (χ0v) is 25.1. The second kappa shape index (κ2) is 11.5. The molecule has 3 aromatic rings. The van der Waals surface area contributed by atoms with Gasteiger partial charge in [-0.25, -0.2) is 14.6 Å². The molecule has 14 nitrogen and oxygen atoms in total. The quantitative estimate of drug-likeness (QED) is 0.203. The third-order valence-corrected chi connectivity index (χ3v) is 9.01. The molecular formula is C28H34N5O9S+. The van der Waals surface area contributed by atoms with Crippen LogP contribution in [0.2, 0.25) is 0 Å². The number of nitrogens with two attached hydrogens (primary N) is 1. The van der Waals surface area contributed by atoms with Gasteiger partial charge in [0.05, 0.1) is 40.4 Å². The van der Waals surface area contributed by atoms with Crippen LogP contribution in [0.1, 0.15) is 30.7 Å². The lowest BCUT2D eigenvalue weighted by Gasteiger charge is -2.40. The van der Waals surface area contributed by atoms with Crippen LogP contribution >= 0.6 is 0 Å². The van der Waals surface area contributed by atoms with Gasteiger partial charge in [0.15, 0.2) is 23.0 Å². The van der Waals surface area contributed by atoms with E-state index in [0.717, 1.165) is 0 Å². The highest BCUT2D eigenvalue weighted by molar-refractivity contribution is 7.85. The van der Waals surface area contributed by atoms with Crippen molar-refractivity contribution in [3.05, 3.63) is 35.9 Å². The third kappa shape index (κ3) is 5.39. The first-order valence-corrected chi connectivity index (χ1v) is 15.1. The van der Waals surface area contributed by atoms with Gasteiger partial charge >= 0.3 is 21.9 Å². The number of hydrogen-bond acceptors (Lipinski definition) is 12. The first-order chi connectivity index (χ1) is 20.4. The van der Waals surface area contributed by atoms with Crippen LogP contribution < -0.4 is 29.6 Å². The number of amides is 2. The first kappa shape index (κ1) is 30.3. The number of benzene rings is 2. The maximum atomic E-state index is 14.1. The number of likely N-dealkylation sites (tertiary alicyclic amines) is 1. The number of carbonyl (C=O) groups is 2. The fraction of sp³-hybridized carbons (Fsp3) is 0.429. The Bertz CT molecular complexity index is 1690. The molecule has 2 amide bonds. The molecule has 0 saturated carbocycles. The van der Waals surface area contributed by atoms with Gasteiger partial charge in [-0.05, 0) is 23.8 Å². The molecular weight excluding hydrogens is 582 g/mol. The zero-order valence-electron chi connectivity index (χ0n) is 24.3. The van der Waals surface area contributed by atoms with Crippen molar-refractivity contribution in [2.75, 3.05) is 58.0 Å². The van der Waals surface area contributed by atoms with E-state index in [0.29, 0.717) is 58.5 Å². The smallest absolute Gasteiger partial charge is 0.330 e. The predicted molar refractivity (Wildman–Crippen MR) is 156 cm³/mol. The number of quaternary nitrogens is 1. The summed E-state index contributed by atoms with van der Waals surface area (Å²) in [5.74, 6) is -0.721. The van der Waals surface area contributed by atoms with E-state index in [1.165, 1.54) is 28.4 Å². The lowest BCUT2D eigenvalue weighted by Crippen LogP contribution is -2.64. The lowest BCUT2D eigenvalue weighted by molar-refractivity contribution is -0.790. The number of anilines is 2. The zero-order chi connectivity index (χ0) is 31.1. The van der Waals surface area contributed by atoms with Crippen molar-refractivity contribution in [1.29, 1.82) is 0 Å². The van der Waals surface area contributed by atoms with Gasteiger partial charge < -0.3 is 29.6 Å². The molecule has 230 valence electrons. The second-order valence-corrected chi connectivity index (χ2v) is 12.0. The Hall–Kier alpha value is -4.21. The number of rotatable bonds is 9. The van der Waals surface area contributed by atoms with E-state index in [-0.39, 0.29) is 25.1 Å². The Kier molecular flexibility index (Phi) is 8.07. The molecule has 0 bridgehead atoms. The van der Waals surface area contributed by atoms with Crippen LogP contribution in [0.3, 0.4) is 0 Å². The second-order valence-electron chi connectivity index (χ2n) is 10.5. The van der Waals surface area contributed by atoms with Gasteiger partial charge in [0, 0.05) is 37.4 Å². The average molecular weight is 617 g/mol. The maximum Gasteiger partial charge on any atom is 0.330 e. The van der Waals surface area contributed by atoms with Gasteiger partial charge in [-0.3, -0.25) is 4.55 Å². The van der Waals surface area contributed by atoms with Crippen LogP contribution in [0, 0.1) is 0 Å². The molecule has 2 aliphatic rings. The first-order valence-electron chi connectivity index (χ1n) is 13.5. The van der Waals surface area contributed by atoms with E-state index >= 15 is 0 Å². The Morgan fingerprint density at radius 3 is 2.14 bits per heavy atom. The number of ether oxygens (including phenoxy) is 4. The molecule has 15 heteroatoms. The number of aromatic nitrogens is 2. The predicted octanol–water partition coefficient (Wildman–Crippen LogP) is 2.12. The van der Waals surface area contributed by atoms with E-state index in [2.05, 4.69) is 9.97 Å². The summed E-state index contributed by atoms with van der Waals surface area (Å²) in [5.41, 5.74) is 7.30. The molecule has 2 atom stereocenters. The van der Waals surface area contributed by atoms with Crippen LogP contribution in [0.5, 0.6) is 23.0 Å². The molecule has 2 fully saturated rings. The van der Waals surface area contributed by atoms with Gasteiger partial charge in [0.2, 0.25) is 11.8 Å². The fourth-order valence-electron chi connectivity index (χ4n) is 6.15. The summed E-state index contributed by atoms with van der Waals surface area (Å²) in [6.07, 6.45) is 0.317. The van der Waals surface area contributed by atoms with Crippen LogP contribution in [0.4, 0.5) is 11.8 Å². The van der Waals surface area contributed by atoms with Crippen molar-refractivity contribution in [2.45, 2.75) is 31.2 Å². The minimum Gasteiger partial charge on any atom is -0.493 e. The van der Waals surface area contributed by atoms with Crippen molar-refractivity contribution >= 4 is 44.6 Å². The Morgan fingerprint density at radius 1 is 0.930 bits per heavy atom. The van der Waals surface area contributed by atoms with Crippen molar-refractivity contribution in [1.82, 2.24) is 9.97 Å². The van der Waals surface area contributed by atoms with Crippen LogP contribution in [-0.2, 0) is 19.7 Å². The molecule has 43 heavy (non-hydrogen) atoms. The molecule has 2 unspecified atom stereocenters. The fourth-order valence-corrected chi connectivity index (χ4v) is 7.15. The number of nitrogen functional groups attached to an aromatic ring is 1. The number of piperidine rings is 1. The van der Waals surface area contributed by atoms with E-state index < -0.39 is 44.3 Å². The molecule has 0 spiro atoms. The highest BCUT2D eigenvalue weighted by Gasteiger charge is 2.62. The van der Waals surface area contributed by atoms with Gasteiger partial charge in [-0.15, -0.1) is 0 Å². The Labute approximate surface area is 248 Å². The standard InChI is InChI=1S/C28H33N5O9S/c1-39-21-6-5-16(11-22(21)40-2)18-13-25(34)33(27(18)35,15-43(36,37)38)17-7-9-32(10-8-17)28-30-20-14-24(42-4)23(41-3)12-19(20)26(29)31-28/h5-6,11-12,14,17-18H,7-10,13,15H2,1-4H3,(H2-,29,30,31,36,37,38)/p+1. The molecule has 1 aromatic heterocycles. The molecule has 0 aliphatic carbocycles. The number of imide groups is 1. The summed E-state index contributed by atoms with van der Waals surface area (Å²) < 4.78 is 54.8. The molecule has 2 aromatic carbocycles. The van der Waals surface area contributed by atoms with Gasteiger partial charge in [-0.2, -0.15) is 17.9 Å². The van der Waals surface area contributed by atoms with Crippen LogP contribution in [0.15, 0.2) is 30.3 Å². The van der Waals surface area contributed by atoms with Gasteiger partial charge in [0.25, 0.3) is 0 Å².